The first-order chi connectivity index (χ1) is 13.6. The van der Waals surface area contributed by atoms with Crippen LogP contribution >= 0.6 is 11.6 Å². The molecule has 0 aliphatic heterocycles. The van der Waals surface area contributed by atoms with Crippen LogP contribution < -0.4 is 10.3 Å². The molecule has 0 atom stereocenters. The van der Waals surface area contributed by atoms with Crippen molar-refractivity contribution in [2.45, 2.75) is 32.1 Å². The van der Waals surface area contributed by atoms with E-state index in [2.05, 4.69) is 4.98 Å². The molecule has 1 aromatic heterocycles. The highest BCUT2D eigenvalue weighted by Crippen LogP contribution is 2.28. The van der Waals surface area contributed by atoms with E-state index in [4.69, 9.17) is 16.3 Å². The first-order valence-corrected chi connectivity index (χ1v) is 9.88. The summed E-state index contributed by atoms with van der Waals surface area (Å²) < 4.78 is 6.73. The summed E-state index contributed by atoms with van der Waals surface area (Å²) in [4.78, 5) is 30.9. The first kappa shape index (κ1) is 18.7. The van der Waals surface area contributed by atoms with Crippen LogP contribution in [0.1, 0.15) is 42.6 Å². The number of fused-ring (bicyclic) bond motifs is 1. The third-order valence-corrected chi connectivity index (χ3v) is 5.68. The number of hydrogen-bond acceptors (Lipinski definition) is 4. The van der Waals surface area contributed by atoms with Crippen molar-refractivity contribution in [2.75, 3.05) is 7.11 Å². The van der Waals surface area contributed by atoms with E-state index in [0.717, 1.165) is 32.1 Å². The number of rotatable bonds is 4. The van der Waals surface area contributed by atoms with Gasteiger partial charge in [0.25, 0.3) is 5.56 Å². The molecule has 1 heterocycles. The lowest BCUT2D eigenvalue weighted by atomic mass is 9.85. The number of ether oxygens (including phenoxy) is 1. The number of aromatic nitrogens is 2. The predicted molar refractivity (Wildman–Crippen MR) is 110 cm³/mol. The average molecular weight is 397 g/mol. The number of Topliss-reactive ketones (excluding diaryl/α,β-unsaturated/α-hetero) is 1. The number of carbonyl (C=O) groups is 1. The highest BCUT2D eigenvalue weighted by molar-refractivity contribution is 6.35. The predicted octanol–water partition coefficient (Wildman–Crippen LogP) is 4.81. The molecule has 1 aliphatic carbocycles. The number of benzene rings is 2. The van der Waals surface area contributed by atoms with Crippen molar-refractivity contribution in [2.24, 2.45) is 5.92 Å². The van der Waals surface area contributed by atoms with Gasteiger partial charge in [-0.1, -0.05) is 36.9 Å². The monoisotopic (exact) mass is 396 g/mol. The van der Waals surface area contributed by atoms with Gasteiger partial charge in [0.1, 0.15) is 11.3 Å². The molecular weight excluding hydrogens is 376 g/mol. The highest BCUT2D eigenvalue weighted by atomic mass is 35.5. The molecule has 1 fully saturated rings. The number of ketones is 1. The van der Waals surface area contributed by atoms with Gasteiger partial charge >= 0.3 is 0 Å². The van der Waals surface area contributed by atoms with Crippen molar-refractivity contribution in [3.8, 4) is 11.4 Å². The van der Waals surface area contributed by atoms with Crippen molar-refractivity contribution < 1.29 is 9.53 Å². The van der Waals surface area contributed by atoms with Gasteiger partial charge < -0.3 is 4.74 Å². The van der Waals surface area contributed by atoms with E-state index in [1.165, 1.54) is 4.57 Å². The second-order valence-electron chi connectivity index (χ2n) is 7.11. The minimum atomic E-state index is -0.407. The van der Waals surface area contributed by atoms with Crippen molar-refractivity contribution in [1.29, 1.82) is 0 Å². The zero-order valence-corrected chi connectivity index (χ0v) is 16.4. The van der Waals surface area contributed by atoms with Crippen LogP contribution in [-0.2, 0) is 0 Å². The van der Waals surface area contributed by atoms with Crippen molar-refractivity contribution in [3.05, 3.63) is 63.5 Å². The third-order valence-electron chi connectivity index (χ3n) is 5.38. The van der Waals surface area contributed by atoms with Crippen LogP contribution in [0.15, 0.2) is 47.3 Å². The fraction of sp³-hybridized carbons (Fsp3) is 0.318. The SMILES string of the molecule is COc1ccc(-n2c(=O)c(C(=O)C3CCCCC3)nc3c(Cl)cccc32)cc1. The Hall–Kier alpha value is -2.66. The lowest BCUT2D eigenvalue weighted by molar-refractivity contribution is 0.0882. The molecule has 0 spiro atoms. The van der Waals surface area contributed by atoms with E-state index in [1.54, 1.807) is 49.6 Å². The maximum absolute atomic E-state index is 13.3. The van der Waals surface area contributed by atoms with Gasteiger partial charge in [0, 0.05) is 11.6 Å². The van der Waals surface area contributed by atoms with Crippen LogP contribution in [0.4, 0.5) is 0 Å². The zero-order chi connectivity index (χ0) is 19.7. The van der Waals surface area contributed by atoms with Crippen LogP contribution in [-0.4, -0.2) is 22.4 Å². The molecule has 2 aromatic carbocycles. The van der Waals surface area contributed by atoms with E-state index in [0.29, 0.717) is 27.5 Å². The molecule has 1 saturated carbocycles. The molecule has 1 aliphatic rings. The number of methoxy groups -OCH3 is 1. The first-order valence-electron chi connectivity index (χ1n) is 9.50. The number of para-hydroxylation sites is 1. The van der Waals surface area contributed by atoms with Crippen LogP contribution in [0.2, 0.25) is 5.02 Å². The van der Waals surface area contributed by atoms with Crippen molar-refractivity contribution in [1.82, 2.24) is 9.55 Å². The number of halogens is 1. The second kappa shape index (κ2) is 7.76. The summed E-state index contributed by atoms with van der Waals surface area (Å²) >= 11 is 6.37. The Morgan fingerprint density at radius 2 is 1.82 bits per heavy atom. The maximum atomic E-state index is 13.3. The number of hydrogen-bond donors (Lipinski definition) is 0. The fourth-order valence-electron chi connectivity index (χ4n) is 3.88. The number of nitrogens with zero attached hydrogens (tertiary/aromatic N) is 2. The summed E-state index contributed by atoms with van der Waals surface area (Å²) in [5.74, 6) is 0.374. The van der Waals surface area contributed by atoms with Crippen LogP contribution in [0.3, 0.4) is 0 Å². The van der Waals surface area contributed by atoms with Gasteiger partial charge in [0.15, 0.2) is 11.5 Å². The molecule has 5 nitrogen and oxygen atoms in total. The Morgan fingerprint density at radius 1 is 1.11 bits per heavy atom. The largest absolute Gasteiger partial charge is 0.497 e. The van der Waals surface area contributed by atoms with E-state index >= 15 is 0 Å². The molecule has 0 radical (unpaired) electrons. The van der Waals surface area contributed by atoms with E-state index in [1.807, 2.05) is 0 Å². The molecule has 28 heavy (non-hydrogen) atoms. The van der Waals surface area contributed by atoms with Crippen LogP contribution in [0.5, 0.6) is 5.75 Å². The molecule has 0 saturated heterocycles. The summed E-state index contributed by atoms with van der Waals surface area (Å²) in [6.07, 6.45) is 4.78. The number of carbonyl (C=O) groups excluding carboxylic acids is 1. The Morgan fingerprint density at radius 3 is 2.50 bits per heavy atom. The molecule has 3 aromatic rings. The average Bonchev–Trinajstić information content (AvgIpc) is 2.74. The highest BCUT2D eigenvalue weighted by Gasteiger charge is 2.27. The molecule has 4 rings (SSSR count). The lowest BCUT2D eigenvalue weighted by Gasteiger charge is -2.20. The van der Waals surface area contributed by atoms with Gasteiger partial charge in [-0.05, 0) is 49.2 Å². The second-order valence-corrected chi connectivity index (χ2v) is 7.51. The summed E-state index contributed by atoms with van der Waals surface area (Å²) in [6.45, 7) is 0. The molecule has 0 unspecified atom stereocenters. The van der Waals surface area contributed by atoms with Gasteiger partial charge in [-0.2, -0.15) is 0 Å². The molecule has 144 valence electrons. The maximum Gasteiger partial charge on any atom is 0.285 e. The van der Waals surface area contributed by atoms with E-state index < -0.39 is 5.56 Å². The smallest absolute Gasteiger partial charge is 0.285 e. The van der Waals surface area contributed by atoms with Crippen molar-refractivity contribution in [3.63, 3.8) is 0 Å². The van der Waals surface area contributed by atoms with Crippen molar-refractivity contribution >= 4 is 28.4 Å². The summed E-state index contributed by atoms with van der Waals surface area (Å²) in [7, 11) is 1.59. The Labute approximate surface area is 167 Å². The molecule has 0 bridgehead atoms. The summed E-state index contributed by atoms with van der Waals surface area (Å²) in [5.41, 5.74) is 1.23. The zero-order valence-electron chi connectivity index (χ0n) is 15.7. The minimum Gasteiger partial charge on any atom is -0.497 e. The summed E-state index contributed by atoms with van der Waals surface area (Å²) in [6, 6.07) is 12.4. The topological polar surface area (TPSA) is 61.2 Å². The quantitative estimate of drug-likeness (QED) is 0.593. The molecular formula is C22H21ClN2O3. The Kier molecular flexibility index (Phi) is 5.18. The van der Waals surface area contributed by atoms with Gasteiger partial charge in [-0.3, -0.25) is 14.2 Å². The fourth-order valence-corrected chi connectivity index (χ4v) is 4.09. The lowest BCUT2D eigenvalue weighted by Crippen LogP contribution is -2.31. The third kappa shape index (κ3) is 3.31. The molecule has 0 N–H and O–H groups in total. The Bertz CT molecular complexity index is 1080. The van der Waals surface area contributed by atoms with E-state index in [9.17, 15) is 9.59 Å². The summed E-state index contributed by atoms with van der Waals surface area (Å²) in [5, 5.41) is 0.414. The van der Waals surface area contributed by atoms with Gasteiger partial charge in [0.05, 0.1) is 17.6 Å². The van der Waals surface area contributed by atoms with Gasteiger partial charge in [0.2, 0.25) is 0 Å². The van der Waals surface area contributed by atoms with E-state index in [-0.39, 0.29) is 17.4 Å². The molecule has 6 heteroatoms. The standard InChI is InChI=1S/C22H21ClN2O3/c1-28-16-12-10-15(11-13-16)25-18-9-5-8-17(23)19(18)24-20(22(25)27)21(26)14-6-3-2-4-7-14/h5,8-14H,2-4,6-7H2,1H3. The van der Waals surface area contributed by atoms with Gasteiger partial charge in [-0.25, -0.2) is 4.98 Å². The minimum absolute atomic E-state index is 0.0247. The Balaban J connectivity index is 1.94. The normalized spacial score (nSPS) is 14.9. The molecule has 0 amide bonds. The van der Waals surface area contributed by atoms with Crippen LogP contribution in [0, 0.1) is 5.92 Å². The van der Waals surface area contributed by atoms with Gasteiger partial charge in [-0.15, -0.1) is 0 Å². The van der Waals surface area contributed by atoms with Crippen LogP contribution in [0.25, 0.3) is 16.7 Å².